The summed E-state index contributed by atoms with van der Waals surface area (Å²) in [7, 11) is 0. The first-order chi connectivity index (χ1) is 29.1. The number of nitrogens with one attached hydrogen (secondary N) is 7. The quantitative estimate of drug-likeness (QED) is 0.0504. The molecule has 12 N–H and O–H groups in total. The molecule has 338 valence electrons. The van der Waals surface area contributed by atoms with Crippen LogP contribution in [0.5, 0.6) is 0 Å². The minimum atomic E-state index is -1.85. The Morgan fingerprint density at radius 2 is 0.919 bits per heavy atom. The van der Waals surface area contributed by atoms with Crippen LogP contribution in [0.25, 0.3) is 0 Å². The minimum absolute atomic E-state index is 0.0386. The summed E-state index contributed by atoms with van der Waals surface area (Å²) in [5, 5.41) is 45.9. The summed E-state index contributed by atoms with van der Waals surface area (Å²) in [6.07, 6.45) is -3.55. The van der Waals surface area contributed by atoms with E-state index in [1.54, 1.807) is 74.5 Å². The first-order valence-corrected chi connectivity index (χ1v) is 19.7. The molecule has 0 unspecified atom stereocenters. The normalized spacial score (nSPS) is 14.8. The molecule has 0 saturated carbocycles. The van der Waals surface area contributed by atoms with Crippen LogP contribution in [0.2, 0.25) is 0 Å². The molecule has 0 spiro atoms. The SMILES string of the molecule is CC(=O)N[C@@H](Cc1ccccc1)C(=O)N[C@H](C(=O)N[C@@H](CC(C)C)C(=O)N[C@@H](CC(=O)O)C(=O)N[C@@H](C)C(=O)N[C@@H](CC(=O)O)C(=O)N[C@@H](Cc1ccccc1)C(N)=O)[C@@H](C)O. The van der Waals surface area contributed by atoms with Crippen LogP contribution >= 0.6 is 0 Å². The van der Waals surface area contributed by atoms with Gasteiger partial charge in [0.25, 0.3) is 0 Å². The van der Waals surface area contributed by atoms with Gasteiger partial charge in [-0.05, 0) is 37.3 Å². The Morgan fingerprint density at radius 1 is 0.516 bits per heavy atom. The van der Waals surface area contributed by atoms with Gasteiger partial charge in [0.1, 0.15) is 42.3 Å². The van der Waals surface area contributed by atoms with E-state index in [0.717, 1.165) is 6.92 Å². The Balaban J connectivity index is 2.21. The highest BCUT2D eigenvalue weighted by Gasteiger charge is 2.35. The van der Waals surface area contributed by atoms with Crippen molar-refractivity contribution < 1.29 is 63.3 Å². The van der Waals surface area contributed by atoms with Gasteiger partial charge in [0, 0.05) is 19.8 Å². The fourth-order valence-electron chi connectivity index (χ4n) is 5.99. The number of carbonyl (C=O) groups is 10. The molecule has 0 heterocycles. The molecule has 0 saturated heterocycles. The van der Waals surface area contributed by atoms with Crippen molar-refractivity contribution in [2.75, 3.05) is 0 Å². The highest BCUT2D eigenvalue weighted by molar-refractivity contribution is 5.99. The van der Waals surface area contributed by atoms with E-state index in [4.69, 9.17) is 5.73 Å². The minimum Gasteiger partial charge on any atom is -0.481 e. The van der Waals surface area contributed by atoms with Gasteiger partial charge in [0.05, 0.1) is 18.9 Å². The van der Waals surface area contributed by atoms with E-state index >= 15 is 0 Å². The van der Waals surface area contributed by atoms with Crippen molar-refractivity contribution in [2.24, 2.45) is 11.7 Å². The Bertz CT molecular complexity index is 1910. The highest BCUT2D eigenvalue weighted by atomic mass is 16.4. The number of carbonyl (C=O) groups excluding carboxylic acids is 8. The summed E-state index contributed by atoms with van der Waals surface area (Å²) >= 11 is 0. The topological polar surface area (TPSA) is 342 Å². The number of aliphatic hydroxyl groups excluding tert-OH is 1. The Kier molecular flexibility index (Phi) is 20.7. The summed E-state index contributed by atoms with van der Waals surface area (Å²) < 4.78 is 0. The third-order valence-corrected chi connectivity index (χ3v) is 9.10. The number of nitrogens with two attached hydrogens (primary N) is 1. The number of hydrogen-bond acceptors (Lipinski definition) is 11. The van der Waals surface area contributed by atoms with E-state index in [0.29, 0.717) is 11.1 Å². The second-order valence-corrected chi connectivity index (χ2v) is 15.1. The van der Waals surface area contributed by atoms with Crippen LogP contribution in [-0.4, -0.2) is 123 Å². The lowest BCUT2D eigenvalue weighted by molar-refractivity contribution is -0.142. The largest absolute Gasteiger partial charge is 0.481 e. The molecule has 0 aliphatic carbocycles. The van der Waals surface area contributed by atoms with Crippen LogP contribution < -0.4 is 43.0 Å². The molecule has 0 radical (unpaired) electrons. The molecule has 2 rings (SSSR count). The lowest BCUT2D eigenvalue weighted by atomic mass is 10.0. The van der Waals surface area contributed by atoms with E-state index in [1.165, 1.54) is 13.8 Å². The standard InChI is InChI=1S/C41H56N8O13/c1-21(2)16-28(48-41(62)34(23(4)50)49-40(61)29(44-24(5)51)18-26-14-10-7-11-15-26)38(59)47-30(19-32(52)53)37(58)43-22(3)36(57)46-31(20-33(54)55)39(60)45-27(35(42)56)17-25-12-8-6-9-13-25/h6-15,21-23,27-31,34,50H,16-20H2,1-5H3,(H2,42,56)(H,43,58)(H,44,51)(H,45,60)(H,46,57)(H,47,59)(H,48,62)(H,49,61)(H,52,53)(H,54,55)/t22-,23+,27-,28-,29-,30-,31-,34-/m0/s1. The van der Waals surface area contributed by atoms with Crippen LogP contribution in [0.3, 0.4) is 0 Å². The molecule has 0 bridgehead atoms. The Hall–Kier alpha value is -6.90. The third kappa shape index (κ3) is 18.2. The molecule has 0 aliphatic rings. The van der Waals surface area contributed by atoms with Gasteiger partial charge in [-0.15, -0.1) is 0 Å². The molecule has 8 amide bonds. The zero-order valence-electron chi connectivity index (χ0n) is 35.0. The van der Waals surface area contributed by atoms with Gasteiger partial charge in [-0.25, -0.2) is 0 Å². The summed E-state index contributed by atoms with van der Waals surface area (Å²) in [6.45, 7) is 6.92. The number of hydrogen-bond donors (Lipinski definition) is 11. The van der Waals surface area contributed by atoms with Crippen molar-refractivity contribution in [3.63, 3.8) is 0 Å². The molecule has 21 heteroatoms. The Morgan fingerprint density at radius 3 is 1.35 bits per heavy atom. The van der Waals surface area contributed by atoms with Crippen molar-refractivity contribution in [3.8, 4) is 0 Å². The van der Waals surface area contributed by atoms with E-state index in [-0.39, 0.29) is 25.2 Å². The first kappa shape index (κ1) is 51.2. The number of amides is 8. The van der Waals surface area contributed by atoms with E-state index in [2.05, 4.69) is 37.2 Å². The fourth-order valence-corrected chi connectivity index (χ4v) is 5.99. The fraction of sp³-hybridized carbons (Fsp3) is 0.463. The summed E-state index contributed by atoms with van der Waals surface area (Å²) in [6, 6.07) is 6.38. The third-order valence-electron chi connectivity index (χ3n) is 9.10. The van der Waals surface area contributed by atoms with Crippen LogP contribution in [0, 0.1) is 5.92 Å². The molecule has 0 aliphatic heterocycles. The maximum Gasteiger partial charge on any atom is 0.305 e. The number of carboxylic acid groups (broad SMARTS) is 2. The zero-order chi connectivity index (χ0) is 46.7. The van der Waals surface area contributed by atoms with Gasteiger partial charge in [-0.3, -0.25) is 47.9 Å². The van der Waals surface area contributed by atoms with Gasteiger partial charge in [-0.2, -0.15) is 0 Å². The number of primary amides is 1. The molecular weight excluding hydrogens is 812 g/mol. The highest BCUT2D eigenvalue weighted by Crippen LogP contribution is 2.10. The van der Waals surface area contributed by atoms with Gasteiger partial charge in [0.15, 0.2) is 0 Å². The molecule has 21 nitrogen and oxygen atoms in total. The maximum atomic E-state index is 13.6. The maximum absolute atomic E-state index is 13.6. The number of carboxylic acids is 2. The van der Waals surface area contributed by atoms with Crippen molar-refractivity contribution in [1.82, 2.24) is 37.2 Å². The average Bonchev–Trinajstić information content (AvgIpc) is 3.18. The predicted molar refractivity (Wildman–Crippen MR) is 220 cm³/mol. The van der Waals surface area contributed by atoms with Crippen LogP contribution in [0.1, 0.15) is 65.0 Å². The van der Waals surface area contributed by atoms with Crippen molar-refractivity contribution in [3.05, 3.63) is 71.8 Å². The average molecular weight is 869 g/mol. The Labute approximate surface area is 357 Å². The lowest BCUT2D eigenvalue weighted by Crippen LogP contribution is -2.61. The summed E-state index contributed by atoms with van der Waals surface area (Å²) in [5.41, 5.74) is 6.76. The zero-order valence-corrected chi connectivity index (χ0v) is 35.0. The lowest BCUT2D eigenvalue weighted by Gasteiger charge is -2.28. The van der Waals surface area contributed by atoms with E-state index < -0.39 is 120 Å². The van der Waals surface area contributed by atoms with Crippen molar-refractivity contribution in [1.29, 1.82) is 0 Å². The molecule has 62 heavy (non-hydrogen) atoms. The molecule has 8 atom stereocenters. The number of aliphatic carboxylic acids is 2. The predicted octanol–water partition coefficient (Wildman–Crippen LogP) is -2.23. The van der Waals surface area contributed by atoms with E-state index in [9.17, 15) is 63.3 Å². The van der Waals surface area contributed by atoms with Gasteiger partial charge in [-0.1, -0.05) is 74.5 Å². The first-order valence-electron chi connectivity index (χ1n) is 19.7. The molecule has 0 fully saturated rings. The molecule has 0 aromatic heterocycles. The molecule has 2 aromatic rings. The monoisotopic (exact) mass is 868 g/mol. The second kappa shape index (κ2) is 25.0. The summed E-state index contributed by atoms with van der Waals surface area (Å²) in [4.78, 5) is 128. The van der Waals surface area contributed by atoms with Gasteiger partial charge < -0.3 is 58.3 Å². The second-order valence-electron chi connectivity index (χ2n) is 15.1. The summed E-state index contributed by atoms with van der Waals surface area (Å²) in [5.74, 6) is -11.1. The van der Waals surface area contributed by atoms with Crippen LogP contribution in [0.15, 0.2) is 60.7 Å². The van der Waals surface area contributed by atoms with Gasteiger partial charge >= 0.3 is 11.9 Å². The number of aliphatic hydroxyl groups is 1. The van der Waals surface area contributed by atoms with Crippen molar-refractivity contribution in [2.45, 2.75) is 115 Å². The van der Waals surface area contributed by atoms with Crippen molar-refractivity contribution >= 4 is 59.2 Å². The number of rotatable bonds is 25. The van der Waals surface area contributed by atoms with Crippen LogP contribution in [-0.2, 0) is 60.8 Å². The molecule has 2 aromatic carbocycles. The van der Waals surface area contributed by atoms with Crippen LogP contribution in [0.4, 0.5) is 0 Å². The molecular formula is C41H56N8O13. The smallest absolute Gasteiger partial charge is 0.305 e. The van der Waals surface area contributed by atoms with E-state index in [1.807, 2.05) is 0 Å². The number of benzene rings is 2. The van der Waals surface area contributed by atoms with Gasteiger partial charge in [0.2, 0.25) is 47.3 Å².